The van der Waals surface area contributed by atoms with Crippen LogP contribution < -0.4 is 5.32 Å². The Labute approximate surface area is 129 Å². The summed E-state index contributed by atoms with van der Waals surface area (Å²) in [6.45, 7) is 1.93. The maximum Gasteiger partial charge on any atom is 0.259 e. The molecular weight excluding hydrogens is 278 g/mol. The van der Waals surface area contributed by atoms with Gasteiger partial charge in [-0.1, -0.05) is 0 Å². The van der Waals surface area contributed by atoms with E-state index in [9.17, 15) is 4.79 Å². The number of nitrogens with one attached hydrogen (secondary N) is 1. The molecule has 1 amide bonds. The highest BCUT2D eigenvalue weighted by molar-refractivity contribution is 5.99. The normalized spacial score (nSPS) is 27.3. The molecule has 22 heavy (non-hydrogen) atoms. The number of carbonyl (C=O) groups excluding carboxylic acids is 1. The van der Waals surface area contributed by atoms with Gasteiger partial charge in [0.15, 0.2) is 5.65 Å². The molecule has 6 heteroatoms. The van der Waals surface area contributed by atoms with Crippen molar-refractivity contribution >= 4 is 11.6 Å². The van der Waals surface area contributed by atoms with Gasteiger partial charge < -0.3 is 10.2 Å². The number of rotatable bonds is 2. The Hall–Kier alpha value is -1.95. The number of fused-ring (bicyclic) bond motifs is 3. The molecule has 0 aliphatic carbocycles. The van der Waals surface area contributed by atoms with Crippen LogP contribution in [-0.4, -0.2) is 50.6 Å². The molecule has 2 aliphatic rings. The first-order valence-corrected chi connectivity index (χ1v) is 7.96. The number of piperidine rings is 1. The Morgan fingerprint density at radius 1 is 1.36 bits per heavy atom. The van der Waals surface area contributed by atoms with Gasteiger partial charge in [0, 0.05) is 37.1 Å². The lowest BCUT2D eigenvalue weighted by molar-refractivity contribution is 0.0683. The summed E-state index contributed by atoms with van der Waals surface area (Å²) in [4.78, 5) is 19.2. The smallest absolute Gasteiger partial charge is 0.259 e. The van der Waals surface area contributed by atoms with Crippen molar-refractivity contribution in [1.29, 1.82) is 0 Å². The average Bonchev–Trinajstić information content (AvgIpc) is 3.08. The van der Waals surface area contributed by atoms with Gasteiger partial charge in [-0.3, -0.25) is 4.79 Å². The summed E-state index contributed by atoms with van der Waals surface area (Å²) in [5, 5.41) is 7.86. The van der Waals surface area contributed by atoms with E-state index in [0.717, 1.165) is 18.5 Å². The lowest BCUT2D eigenvalue weighted by atomic mass is 9.98. The van der Waals surface area contributed by atoms with E-state index in [2.05, 4.69) is 15.4 Å². The van der Waals surface area contributed by atoms with Gasteiger partial charge in [0.2, 0.25) is 0 Å². The second-order valence-corrected chi connectivity index (χ2v) is 6.57. The summed E-state index contributed by atoms with van der Waals surface area (Å²) in [6, 6.07) is 3.35. The quantitative estimate of drug-likeness (QED) is 0.910. The molecule has 2 fully saturated rings. The number of amides is 1. The SMILES string of the molecule is Cc1ccn2ncc(C(=O)N(C)C3CC4CCC(C3)N4)c2n1. The number of nitrogens with zero attached hydrogens (tertiary/aromatic N) is 4. The zero-order valence-electron chi connectivity index (χ0n) is 13.0. The van der Waals surface area contributed by atoms with Crippen LogP contribution in [0.5, 0.6) is 0 Å². The fourth-order valence-electron chi connectivity index (χ4n) is 3.81. The van der Waals surface area contributed by atoms with Crippen molar-refractivity contribution < 1.29 is 4.79 Å². The van der Waals surface area contributed by atoms with Gasteiger partial charge in [-0.25, -0.2) is 9.50 Å². The molecular formula is C16H21N5O. The van der Waals surface area contributed by atoms with E-state index >= 15 is 0 Å². The molecule has 0 saturated carbocycles. The highest BCUT2D eigenvalue weighted by atomic mass is 16.2. The molecule has 2 bridgehead atoms. The van der Waals surface area contributed by atoms with Crippen molar-refractivity contribution in [3.63, 3.8) is 0 Å². The highest BCUT2D eigenvalue weighted by Crippen LogP contribution is 2.30. The van der Waals surface area contributed by atoms with Gasteiger partial charge in [0.05, 0.1) is 6.20 Å². The minimum absolute atomic E-state index is 0.0272. The van der Waals surface area contributed by atoms with E-state index in [4.69, 9.17) is 0 Å². The van der Waals surface area contributed by atoms with E-state index in [0.29, 0.717) is 29.3 Å². The standard InChI is InChI=1S/C16H21N5O/c1-10-5-6-21-15(18-10)14(9-17-21)16(22)20(2)13-7-11-3-4-12(8-13)19-11/h5-6,9,11-13,19H,3-4,7-8H2,1-2H3. The summed E-state index contributed by atoms with van der Waals surface area (Å²) in [5.74, 6) is 0.0272. The molecule has 0 aromatic carbocycles. The number of hydrogen-bond acceptors (Lipinski definition) is 4. The molecule has 2 aromatic rings. The molecule has 0 spiro atoms. The van der Waals surface area contributed by atoms with Gasteiger partial charge in [0.1, 0.15) is 5.56 Å². The van der Waals surface area contributed by atoms with Crippen molar-refractivity contribution in [2.75, 3.05) is 7.05 Å². The van der Waals surface area contributed by atoms with E-state index in [1.807, 2.05) is 31.1 Å². The van der Waals surface area contributed by atoms with Crippen molar-refractivity contribution in [2.24, 2.45) is 0 Å². The Kier molecular flexibility index (Phi) is 3.14. The van der Waals surface area contributed by atoms with Crippen LogP contribution in [0.15, 0.2) is 18.5 Å². The molecule has 4 heterocycles. The van der Waals surface area contributed by atoms with Crippen molar-refractivity contribution in [3.05, 3.63) is 29.7 Å². The summed E-state index contributed by atoms with van der Waals surface area (Å²) >= 11 is 0. The Morgan fingerprint density at radius 3 is 2.82 bits per heavy atom. The molecule has 0 radical (unpaired) electrons. The van der Waals surface area contributed by atoms with Crippen LogP contribution >= 0.6 is 0 Å². The Bertz CT molecular complexity index is 712. The number of carbonyl (C=O) groups is 1. The maximum absolute atomic E-state index is 12.9. The fourth-order valence-corrected chi connectivity index (χ4v) is 3.81. The molecule has 6 nitrogen and oxygen atoms in total. The summed E-state index contributed by atoms with van der Waals surface area (Å²) in [7, 11) is 1.91. The third-order valence-corrected chi connectivity index (χ3v) is 5.05. The van der Waals surface area contributed by atoms with Crippen LogP contribution in [0.25, 0.3) is 5.65 Å². The predicted octanol–water partition coefficient (Wildman–Crippen LogP) is 1.39. The summed E-state index contributed by atoms with van der Waals surface area (Å²) < 4.78 is 1.67. The van der Waals surface area contributed by atoms with E-state index in [-0.39, 0.29) is 5.91 Å². The van der Waals surface area contributed by atoms with Crippen LogP contribution in [-0.2, 0) is 0 Å². The molecule has 116 valence electrons. The van der Waals surface area contributed by atoms with Gasteiger partial charge >= 0.3 is 0 Å². The molecule has 1 N–H and O–H groups in total. The molecule has 2 aliphatic heterocycles. The number of aromatic nitrogens is 3. The molecule has 2 atom stereocenters. The first-order chi connectivity index (χ1) is 10.6. The van der Waals surface area contributed by atoms with Crippen molar-refractivity contribution in [3.8, 4) is 0 Å². The van der Waals surface area contributed by atoms with Crippen LogP contribution in [0.4, 0.5) is 0 Å². The summed E-state index contributed by atoms with van der Waals surface area (Å²) in [5.41, 5.74) is 2.13. The van der Waals surface area contributed by atoms with Gasteiger partial charge in [-0.2, -0.15) is 5.10 Å². The van der Waals surface area contributed by atoms with E-state index in [1.165, 1.54) is 12.8 Å². The molecule has 2 saturated heterocycles. The minimum Gasteiger partial charge on any atom is -0.338 e. The van der Waals surface area contributed by atoms with Gasteiger partial charge in [0.25, 0.3) is 5.91 Å². The zero-order chi connectivity index (χ0) is 15.3. The first kappa shape index (κ1) is 13.7. The van der Waals surface area contributed by atoms with Crippen LogP contribution in [0.3, 0.4) is 0 Å². The number of aryl methyl sites for hydroxylation is 1. The minimum atomic E-state index is 0.0272. The second kappa shape index (κ2) is 5.05. The lowest BCUT2D eigenvalue weighted by Crippen LogP contribution is -2.48. The van der Waals surface area contributed by atoms with Crippen molar-refractivity contribution in [2.45, 2.75) is 50.7 Å². The molecule has 2 aromatic heterocycles. The lowest BCUT2D eigenvalue weighted by Gasteiger charge is -2.35. The van der Waals surface area contributed by atoms with Crippen LogP contribution in [0.2, 0.25) is 0 Å². The fraction of sp³-hybridized carbons (Fsp3) is 0.562. The molecule has 2 unspecified atom stereocenters. The first-order valence-electron chi connectivity index (χ1n) is 7.96. The zero-order valence-corrected chi connectivity index (χ0v) is 13.0. The Morgan fingerprint density at radius 2 is 2.09 bits per heavy atom. The van der Waals surface area contributed by atoms with Crippen molar-refractivity contribution in [1.82, 2.24) is 24.8 Å². The van der Waals surface area contributed by atoms with Crippen LogP contribution in [0.1, 0.15) is 41.7 Å². The predicted molar refractivity (Wildman–Crippen MR) is 82.8 cm³/mol. The van der Waals surface area contributed by atoms with Gasteiger partial charge in [-0.15, -0.1) is 0 Å². The molecule has 4 rings (SSSR count). The van der Waals surface area contributed by atoms with E-state index in [1.54, 1.807) is 10.7 Å². The van der Waals surface area contributed by atoms with Crippen LogP contribution in [0, 0.1) is 6.92 Å². The largest absolute Gasteiger partial charge is 0.338 e. The van der Waals surface area contributed by atoms with Gasteiger partial charge in [-0.05, 0) is 38.7 Å². The monoisotopic (exact) mass is 299 g/mol. The third-order valence-electron chi connectivity index (χ3n) is 5.05. The summed E-state index contributed by atoms with van der Waals surface area (Å²) in [6.07, 6.45) is 8.05. The topological polar surface area (TPSA) is 62.5 Å². The average molecular weight is 299 g/mol. The Balaban J connectivity index is 1.61. The second-order valence-electron chi connectivity index (χ2n) is 6.57. The maximum atomic E-state index is 12.9. The number of hydrogen-bond donors (Lipinski definition) is 1. The van der Waals surface area contributed by atoms with E-state index < -0.39 is 0 Å². The third kappa shape index (κ3) is 2.18. The highest BCUT2D eigenvalue weighted by Gasteiger charge is 2.37.